The van der Waals surface area contributed by atoms with Gasteiger partial charge in [-0.2, -0.15) is 0 Å². The highest BCUT2D eigenvalue weighted by Crippen LogP contribution is 2.23. The third kappa shape index (κ3) is 5.87. The van der Waals surface area contributed by atoms with E-state index >= 15 is 0 Å². The Kier molecular flexibility index (Phi) is 6.62. The molecule has 25 heavy (non-hydrogen) atoms. The molecule has 5 nitrogen and oxygen atoms in total. The summed E-state index contributed by atoms with van der Waals surface area (Å²) in [7, 11) is 0. The monoisotopic (exact) mass is 381 g/mol. The Labute approximate surface area is 157 Å². The van der Waals surface area contributed by atoms with Crippen molar-refractivity contribution in [2.75, 3.05) is 0 Å². The van der Waals surface area contributed by atoms with Gasteiger partial charge in [0, 0.05) is 12.8 Å². The van der Waals surface area contributed by atoms with E-state index in [0.717, 1.165) is 18.4 Å². The maximum atomic E-state index is 11.4. The second-order valence-electron chi connectivity index (χ2n) is 6.36. The number of halogens is 2. The SMILES string of the molecule is Cc1noc(=O)n1CC=CCCC(C)(C)N=Cc1ccc(Cl)c(Cl)c1. The normalized spacial score (nSPS) is 12.5. The van der Waals surface area contributed by atoms with Gasteiger partial charge in [-0.25, -0.2) is 4.79 Å². The van der Waals surface area contributed by atoms with E-state index in [4.69, 9.17) is 23.2 Å². The second-order valence-corrected chi connectivity index (χ2v) is 7.17. The summed E-state index contributed by atoms with van der Waals surface area (Å²) >= 11 is 11.9. The number of benzene rings is 1. The molecule has 0 radical (unpaired) electrons. The van der Waals surface area contributed by atoms with Gasteiger partial charge in [-0.1, -0.05) is 46.6 Å². The largest absolute Gasteiger partial charge is 0.441 e. The Morgan fingerprint density at radius 2 is 2.04 bits per heavy atom. The highest BCUT2D eigenvalue weighted by molar-refractivity contribution is 6.42. The molecule has 0 fully saturated rings. The van der Waals surface area contributed by atoms with Crippen LogP contribution in [0, 0.1) is 6.92 Å². The average molecular weight is 382 g/mol. The predicted molar refractivity (Wildman–Crippen MR) is 102 cm³/mol. The molecular formula is C18H21Cl2N3O2. The minimum Gasteiger partial charge on any atom is -0.296 e. The van der Waals surface area contributed by atoms with Gasteiger partial charge in [0.2, 0.25) is 0 Å². The molecule has 0 atom stereocenters. The van der Waals surface area contributed by atoms with Crippen molar-refractivity contribution in [2.45, 2.75) is 45.7 Å². The number of hydrogen-bond acceptors (Lipinski definition) is 4. The molecular weight excluding hydrogens is 361 g/mol. The smallest absolute Gasteiger partial charge is 0.296 e. The highest BCUT2D eigenvalue weighted by Gasteiger charge is 2.13. The standard InChI is InChI=1S/C18H21Cl2N3O2/c1-13-22-25-17(24)23(13)10-6-4-5-9-18(2,3)21-12-14-7-8-15(19)16(20)11-14/h4,6-8,11-12H,5,9-10H2,1-3H3. The molecule has 134 valence electrons. The van der Waals surface area contributed by atoms with Gasteiger partial charge in [0.1, 0.15) is 0 Å². The van der Waals surface area contributed by atoms with Crippen LogP contribution in [-0.4, -0.2) is 21.5 Å². The Morgan fingerprint density at radius 1 is 1.28 bits per heavy atom. The minimum absolute atomic E-state index is 0.208. The zero-order valence-corrected chi connectivity index (χ0v) is 16.0. The van der Waals surface area contributed by atoms with Crippen LogP contribution >= 0.6 is 23.2 Å². The molecule has 1 heterocycles. The van der Waals surface area contributed by atoms with Gasteiger partial charge in [-0.05, 0) is 51.3 Å². The lowest BCUT2D eigenvalue weighted by Gasteiger charge is -2.18. The third-order valence-electron chi connectivity index (χ3n) is 3.75. The summed E-state index contributed by atoms with van der Waals surface area (Å²) in [6.45, 7) is 6.34. The number of aromatic nitrogens is 2. The van der Waals surface area contributed by atoms with E-state index in [-0.39, 0.29) is 5.54 Å². The fraction of sp³-hybridized carbons (Fsp3) is 0.389. The highest BCUT2D eigenvalue weighted by atomic mass is 35.5. The number of rotatable bonds is 7. The first kappa shape index (κ1) is 19.5. The van der Waals surface area contributed by atoms with Crippen LogP contribution in [0.4, 0.5) is 0 Å². The molecule has 0 amide bonds. The van der Waals surface area contributed by atoms with Crippen LogP contribution < -0.4 is 5.76 Å². The summed E-state index contributed by atoms with van der Waals surface area (Å²) in [5.41, 5.74) is 0.709. The summed E-state index contributed by atoms with van der Waals surface area (Å²) in [6.07, 6.45) is 7.51. The maximum Gasteiger partial charge on any atom is 0.441 e. The zero-order chi connectivity index (χ0) is 18.4. The average Bonchev–Trinajstić information content (AvgIpc) is 2.87. The Hall–Kier alpha value is -1.85. The van der Waals surface area contributed by atoms with Crippen LogP contribution in [0.15, 0.2) is 44.7 Å². The molecule has 0 unspecified atom stereocenters. The summed E-state index contributed by atoms with van der Waals surface area (Å²) in [5.74, 6) is 0.134. The summed E-state index contributed by atoms with van der Waals surface area (Å²) in [6, 6.07) is 5.44. The van der Waals surface area contributed by atoms with Crippen molar-refractivity contribution >= 4 is 29.4 Å². The van der Waals surface area contributed by atoms with E-state index in [0.29, 0.717) is 22.4 Å². The van der Waals surface area contributed by atoms with Crippen molar-refractivity contribution in [3.05, 3.63) is 62.3 Å². The summed E-state index contributed by atoms with van der Waals surface area (Å²) < 4.78 is 6.06. The van der Waals surface area contributed by atoms with Crippen molar-refractivity contribution in [3.8, 4) is 0 Å². The molecule has 2 rings (SSSR count). The first-order valence-corrected chi connectivity index (χ1v) is 8.72. The molecule has 0 bridgehead atoms. The molecule has 1 aromatic heterocycles. The lowest BCUT2D eigenvalue weighted by molar-refractivity contribution is 0.376. The first-order chi connectivity index (χ1) is 11.8. The van der Waals surface area contributed by atoms with Crippen LogP contribution in [0.2, 0.25) is 10.0 Å². The van der Waals surface area contributed by atoms with Gasteiger partial charge in [0.15, 0.2) is 5.82 Å². The Bertz CT molecular complexity index is 835. The minimum atomic E-state index is -0.436. The fourth-order valence-corrected chi connectivity index (χ4v) is 2.49. The fourth-order valence-electron chi connectivity index (χ4n) is 2.18. The van der Waals surface area contributed by atoms with E-state index in [1.165, 1.54) is 4.57 Å². The van der Waals surface area contributed by atoms with Gasteiger partial charge < -0.3 is 0 Å². The van der Waals surface area contributed by atoms with Gasteiger partial charge in [0.05, 0.1) is 15.6 Å². The summed E-state index contributed by atoms with van der Waals surface area (Å²) in [5, 5.41) is 4.68. The molecule has 0 aliphatic heterocycles. The molecule has 1 aromatic carbocycles. The lowest BCUT2D eigenvalue weighted by Crippen LogP contribution is -2.16. The van der Waals surface area contributed by atoms with Crippen molar-refractivity contribution < 1.29 is 4.52 Å². The van der Waals surface area contributed by atoms with E-state index in [1.807, 2.05) is 24.4 Å². The topological polar surface area (TPSA) is 60.4 Å². The van der Waals surface area contributed by atoms with Crippen molar-refractivity contribution in [1.82, 2.24) is 9.72 Å². The number of aliphatic imine (C=N–C) groups is 1. The summed E-state index contributed by atoms with van der Waals surface area (Å²) in [4.78, 5) is 16.0. The first-order valence-electron chi connectivity index (χ1n) is 7.97. The molecule has 0 saturated heterocycles. The Morgan fingerprint density at radius 3 is 2.68 bits per heavy atom. The van der Waals surface area contributed by atoms with Crippen LogP contribution in [-0.2, 0) is 6.54 Å². The van der Waals surface area contributed by atoms with Crippen LogP contribution in [0.25, 0.3) is 0 Å². The van der Waals surface area contributed by atoms with Gasteiger partial charge in [-0.3, -0.25) is 14.1 Å². The maximum absolute atomic E-state index is 11.4. The molecule has 0 saturated carbocycles. The molecule has 0 aliphatic carbocycles. The molecule has 0 spiro atoms. The van der Waals surface area contributed by atoms with Crippen molar-refractivity contribution in [3.63, 3.8) is 0 Å². The second kappa shape index (κ2) is 8.50. The van der Waals surface area contributed by atoms with E-state index in [2.05, 4.69) is 28.5 Å². The van der Waals surface area contributed by atoms with Crippen LogP contribution in [0.3, 0.4) is 0 Å². The van der Waals surface area contributed by atoms with E-state index in [9.17, 15) is 4.79 Å². The quantitative estimate of drug-likeness (QED) is 0.516. The number of hydrogen-bond donors (Lipinski definition) is 0. The molecule has 7 heteroatoms. The molecule has 0 N–H and O–H groups in total. The van der Waals surface area contributed by atoms with Gasteiger partial charge in [0.25, 0.3) is 0 Å². The lowest BCUT2D eigenvalue weighted by atomic mass is 9.99. The zero-order valence-electron chi connectivity index (χ0n) is 14.5. The van der Waals surface area contributed by atoms with Gasteiger partial charge >= 0.3 is 5.76 Å². The van der Waals surface area contributed by atoms with Crippen molar-refractivity contribution in [2.24, 2.45) is 4.99 Å². The van der Waals surface area contributed by atoms with Crippen LogP contribution in [0.1, 0.15) is 38.1 Å². The third-order valence-corrected chi connectivity index (χ3v) is 4.49. The number of aryl methyl sites for hydroxylation is 1. The molecule has 0 aliphatic rings. The predicted octanol–water partition coefficient (Wildman–Crippen LogP) is 4.69. The van der Waals surface area contributed by atoms with E-state index < -0.39 is 5.76 Å². The molecule has 2 aromatic rings. The Balaban J connectivity index is 1.86. The number of nitrogens with zero attached hydrogens (tertiary/aromatic N) is 3. The van der Waals surface area contributed by atoms with Crippen LogP contribution in [0.5, 0.6) is 0 Å². The number of allylic oxidation sites excluding steroid dienone is 2. The van der Waals surface area contributed by atoms with Crippen molar-refractivity contribution in [1.29, 1.82) is 0 Å². The van der Waals surface area contributed by atoms with Gasteiger partial charge in [-0.15, -0.1) is 0 Å². The van der Waals surface area contributed by atoms with E-state index in [1.54, 1.807) is 19.1 Å².